The maximum atomic E-state index is 13.7. The van der Waals surface area contributed by atoms with E-state index in [-0.39, 0.29) is 11.1 Å². The first kappa shape index (κ1) is 15.4. The number of aromatic nitrogens is 1. The molecule has 1 atom stereocenters. The Morgan fingerprint density at radius 2 is 2.04 bits per heavy atom. The number of carbonyl (C=O) groups is 1. The van der Waals surface area contributed by atoms with Gasteiger partial charge in [0.25, 0.3) is 11.5 Å². The molecule has 2 aromatic rings. The van der Waals surface area contributed by atoms with Gasteiger partial charge in [0.2, 0.25) is 0 Å². The molecule has 1 aromatic heterocycles. The number of halogens is 1. The summed E-state index contributed by atoms with van der Waals surface area (Å²) in [7, 11) is 1.65. The van der Waals surface area contributed by atoms with Crippen molar-refractivity contribution in [1.29, 1.82) is 0 Å². The lowest BCUT2D eigenvalue weighted by Gasteiger charge is -2.30. The molecule has 1 aromatic carbocycles. The first-order valence-electron chi connectivity index (χ1n) is 7.37. The minimum atomic E-state index is -1.52. The van der Waals surface area contributed by atoms with Crippen molar-refractivity contribution in [2.75, 3.05) is 6.54 Å². The van der Waals surface area contributed by atoms with Crippen molar-refractivity contribution in [3.8, 4) is 0 Å². The number of nitrogens with zero attached hydrogens (tertiary/aromatic N) is 2. The molecule has 0 saturated carbocycles. The molecular formula is C17H17FN2O3. The predicted octanol–water partition coefficient (Wildman–Crippen LogP) is 1.14. The van der Waals surface area contributed by atoms with Gasteiger partial charge in [-0.1, -0.05) is 18.2 Å². The second-order valence-corrected chi connectivity index (χ2v) is 5.71. The summed E-state index contributed by atoms with van der Waals surface area (Å²) in [6.07, 6.45) is 0.721. The van der Waals surface area contributed by atoms with Gasteiger partial charge in [-0.3, -0.25) is 9.59 Å². The van der Waals surface area contributed by atoms with E-state index in [1.54, 1.807) is 25.4 Å². The third-order valence-electron chi connectivity index (χ3n) is 4.16. The second kappa shape index (κ2) is 5.96. The van der Waals surface area contributed by atoms with Crippen molar-refractivity contribution in [2.45, 2.75) is 19.1 Å². The number of pyridine rings is 1. The molecule has 1 aliphatic heterocycles. The van der Waals surface area contributed by atoms with Crippen LogP contribution in [0.5, 0.6) is 0 Å². The fourth-order valence-corrected chi connectivity index (χ4v) is 2.83. The van der Waals surface area contributed by atoms with Crippen LogP contribution in [0.3, 0.4) is 0 Å². The minimum Gasteiger partial charge on any atom is -0.378 e. The summed E-state index contributed by atoms with van der Waals surface area (Å²) in [5, 5.41) is 10.2. The standard InChI is InChI=1S/C17H17FN2O3/c1-19-9-12-10-20(7-6-11(12)8-15(19)21)17(23)16(22)13-4-2-3-5-14(13)18/h2-5,8-9,16,22H,6-7,10H2,1H3. The molecule has 0 radical (unpaired) electrons. The maximum Gasteiger partial charge on any atom is 0.256 e. The van der Waals surface area contributed by atoms with Crippen LogP contribution >= 0.6 is 0 Å². The lowest BCUT2D eigenvalue weighted by Crippen LogP contribution is -2.40. The molecule has 2 heterocycles. The highest BCUT2D eigenvalue weighted by atomic mass is 19.1. The molecule has 0 saturated heterocycles. The number of fused-ring (bicyclic) bond motifs is 1. The van der Waals surface area contributed by atoms with Crippen LogP contribution < -0.4 is 5.56 Å². The third-order valence-corrected chi connectivity index (χ3v) is 4.16. The Labute approximate surface area is 132 Å². The van der Waals surface area contributed by atoms with Crippen LogP contribution in [0.4, 0.5) is 4.39 Å². The maximum absolute atomic E-state index is 13.7. The Kier molecular flexibility index (Phi) is 4.00. The van der Waals surface area contributed by atoms with Crippen LogP contribution in [0.2, 0.25) is 0 Å². The number of carbonyl (C=O) groups excluding carboxylic acids is 1. The molecule has 3 rings (SSSR count). The molecule has 5 nitrogen and oxygen atoms in total. The number of aryl methyl sites for hydroxylation is 1. The van der Waals surface area contributed by atoms with E-state index < -0.39 is 17.8 Å². The van der Waals surface area contributed by atoms with Crippen molar-refractivity contribution in [3.05, 3.63) is 69.4 Å². The molecule has 1 aliphatic rings. The normalized spacial score (nSPS) is 15.2. The fourth-order valence-electron chi connectivity index (χ4n) is 2.83. The average molecular weight is 316 g/mol. The molecule has 1 amide bonds. The van der Waals surface area contributed by atoms with Gasteiger partial charge in [0.1, 0.15) is 5.82 Å². The van der Waals surface area contributed by atoms with Gasteiger partial charge in [0, 0.05) is 38.0 Å². The van der Waals surface area contributed by atoms with Gasteiger partial charge in [-0.2, -0.15) is 0 Å². The van der Waals surface area contributed by atoms with Crippen LogP contribution in [0.1, 0.15) is 22.8 Å². The fraction of sp³-hybridized carbons (Fsp3) is 0.294. The quantitative estimate of drug-likeness (QED) is 0.904. The van der Waals surface area contributed by atoms with E-state index in [1.807, 2.05) is 0 Å². The minimum absolute atomic E-state index is 0.0243. The van der Waals surface area contributed by atoms with Crippen LogP contribution in [-0.2, 0) is 24.8 Å². The lowest BCUT2D eigenvalue weighted by molar-refractivity contribution is -0.141. The Morgan fingerprint density at radius 3 is 2.78 bits per heavy atom. The van der Waals surface area contributed by atoms with E-state index in [2.05, 4.69) is 0 Å². The Morgan fingerprint density at radius 1 is 1.30 bits per heavy atom. The molecular weight excluding hydrogens is 299 g/mol. The first-order valence-corrected chi connectivity index (χ1v) is 7.37. The molecule has 0 spiro atoms. The summed E-state index contributed by atoms with van der Waals surface area (Å²) in [5.74, 6) is -1.14. The SMILES string of the molecule is Cn1cc2c(cc1=O)CCN(C(=O)C(O)c1ccccc1F)C2. The average Bonchev–Trinajstić information content (AvgIpc) is 2.54. The van der Waals surface area contributed by atoms with E-state index in [4.69, 9.17) is 0 Å². The van der Waals surface area contributed by atoms with Gasteiger partial charge in [0.15, 0.2) is 6.10 Å². The number of hydrogen-bond donors (Lipinski definition) is 1. The van der Waals surface area contributed by atoms with Crippen molar-refractivity contribution in [3.63, 3.8) is 0 Å². The van der Waals surface area contributed by atoms with Crippen molar-refractivity contribution in [2.24, 2.45) is 7.05 Å². The van der Waals surface area contributed by atoms with E-state index in [9.17, 15) is 19.1 Å². The zero-order valence-corrected chi connectivity index (χ0v) is 12.7. The lowest BCUT2D eigenvalue weighted by atomic mass is 10.0. The Bertz CT molecular complexity index is 816. The van der Waals surface area contributed by atoms with Crippen LogP contribution in [0.15, 0.2) is 41.3 Å². The third kappa shape index (κ3) is 2.90. The molecule has 1 unspecified atom stereocenters. The number of aliphatic hydroxyl groups is 1. The number of aliphatic hydroxyl groups excluding tert-OH is 1. The van der Waals surface area contributed by atoms with Crippen molar-refractivity contribution >= 4 is 5.91 Å². The summed E-state index contributed by atoms with van der Waals surface area (Å²) in [6.45, 7) is 0.693. The van der Waals surface area contributed by atoms with Gasteiger partial charge in [-0.15, -0.1) is 0 Å². The highest BCUT2D eigenvalue weighted by Crippen LogP contribution is 2.23. The van der Waals surface area contributed by atoms with Gasteiger partial charge in [-0.25, -0.2) is 4.39 Å². The van der Waals surface area contributed by atoms with Crippen LogP contribution in [-0.4, -0.2) is 27.0 Å². The zero-order chi connectivity index (χ0) is 16.6. The number of amides is 1. The smallest absolute Gasteiger partial charge is 0.256 e. The second-order valence-electron chi connectivity index (χ2n) is 5.71. The highest BCUT2D eigenvalue weighted by Gasteiger charge is 2.28. The van der Waals surface area contributed by atoms with E-state index in [0.717, 1.165) is 11.1 Å². The van der Waals surface area contributed by atoms with Crippen molar-refractivity contribution < 1.29 is 14.3 Å². The van der Waals surface area contributed by atoms with Crippen LogP contribution in [0.25, 0.3) is 0 Å². The molecule has 0 aliphatic carbocycles. The summed E-state index contributed by atoms with van der Waals surface area (Å²) >= 11 is 0. The molecule has 6 heteroatoms. The van der Waals surface area contributed by atoms with E-state index in [0.29, 0.717) is 19.5 Å². The van der Waals surface area contributed by atoms with Crippen LogP contribution in [0, 0.1) is 5.82 Å². The summed E-state index contributed by atoms with van der Waals surface area (Å²) in [5.41, 5.74) is 1.67. The monoisotopic (exact) mass is 316 g/mol. The molecule has 23 heavy (non-hydrogen) atoms. The van der Waals surface area contributed by atoms with Gasteiger partial charge in [-0.05, 0) is 23.6 Å². The number of rotatable bonds is 2. The molecule has 1 N–H and O–H groups in total. The summed E-state index contributed by atoms with van der Waals surface area (Å²) in [6, 6.07) is 7.28. The van der Waals surface area contributed by atoms with E-state index >= 15 is 0 Å². The summed E-state index contributed by atoms with van der Waals surface area (Å²) in [4.78, 5) is 25.6. The zero-order valence-electron chi connectivity index (χ0n) is 12.7. The van der Waals surface area contributed by atoms with Crippen molar-refractivity contribution in [1.82, 2.24) is 9.47 Å². The predicted molar refractivity (Wildman–Crippen MR) is 82.2 cm³/mol. The van der Waals surface area contributed by atoms with Gasteiger partial charge >= 0.3 is 0 Å². The first-order chi connectivity index (χ1) is 11.0. The number of benzene rings is 1. The molecule has 0 bridgehead atoms. The Hall–Kier alpha value is -2.47. The molecule has 0 fully saturated rings. The summed E-state index contributed by atoms with van der Waals surface area (Å²) < 4.78 is 15.2. The number of hydrogen-bond acceptors (Lipinski definition) is 3. The largest absolute Gasteiger partial charge is 0.378 e. The van der Waals surface area contributed by atoms with Gasteiger partial charge < -0.3 is 14.6 Å². The van der Waals surface area contributed by atoms with Gasteiger partial charge in [0.05, 0.1) is 0 Å². The van der Waals surface area contributed by atoms with E-state index in [1.165, 1.54) is 27.7 Å². The Balaban J connectivity index is 1.83. The highest BCUT2D eigenvalue weighted by molar-refractivity contribution is 5.82. The topological polar surface area (TPSA) is 62.5 Å². The molecule has 120 valence electrons.